The molecule has 1 atom stereocenters. The molecule has 1 aliphatic heterocycles. The van der Waals surface area contributed by atoms with Crippen LogP contribution in [0.5, 0.6) is 0 Å². The number of rotatable bonds is 5. The number of aromatic nitrogens is 4. The van der Waals surface area contributed by atoms with Crippen molar-refractivity contribution in [3.8, 4) is 12.1 Å². The van der Waals surface area contributed by atoms with Gasteiger partial charge in [-0.15, -0.1) is 0 Å². The van der Waals surface area contributed by atoms with Gasteiger partial charge in [-0.1, -0.05) is 0 Å². The monoisotopic (exact) mass is 324 g/mol. The van der Waals surface area contributed by atoms with Gasteiger partial charge < -0.3 is 4.90 Å². The second kappa shape index (κ2) is 7.24. The van der Waals surface area contributed by atoms with Gasteiger partial charge in [-0.05, 0) is 6.42 Å². The van der Waals surface area contributed by atoms with Crippen LogP contribution in [-0.2, 0) is 7.05 Å². The van der Waals surface area contributed by atoms with Gasteiger partial charge >= 0.3 is 0 Å². The molecule has 0 aliphatic carbocycles. The maximum Gasteiger partial charge on any atom is 0.163 e. The van der Waals surface area contributed by atoms with Crippen molar-refractivity contribution in [3.05, 3.63) is 12.5 Å². The molecule has 2 aromatic rings. The molecule has 8 heteroatoms. The summed E-state index contributed by atoms with van der Waals surface area (Å²) in [5.74, 6) is 0.856. The first-order valence-corrected chi connectivity index (χ1v) is 8.09. The maximum absolute atomic E-state index is 9.21. The summed E-state index contributed by atoms with van der Waals surface area (Å²) in [6.45, 7) is 4.22. The van der Waals surface area contributed by atoms with E-state index in [1.807, 2.05) is 13.2 Å². The number of fused-ring (bicyclic) bond motifs is 1. The lowest BCUT2D eigenvalue weighted by Gasteiger charge is -2.36. The summed E-state index contributed by atoms with van der Waals surface area (Å²) in [7, 11) is 1.88. The Morgan fingerprint density at radius 1 is 1.21 bits per heavy atom. The zero-order valence-electron chi connectivity index (χ0n) is 13.8. The van der Waals surface area contributed by atoms with Gasteiger partial charge in [0.1, 0.15) is 12.1 Å². The zero-order chi connectivity index (χ0) is 16.9. The van der Waals surface area contributed by atoms with Gasteiger partial charge in [-0.3, -0.25) is 9.58 Å². The first-order valence-electron chi connectivity index (χ1n) is 8.09. The van der Waals surface area contributed by atoms with Crippen molar-refractivity contribution in [2.75, 3.05) is 37.6 Å². The minimum Gasteiger partial charge on any atom is -0.353 e. The highest BCUT2D eigenvalue weighted by molar-refractivity contribution is 5.86. The molecule has 0 amide bonds. The Kier molecular flexibility index (Phi) is 4.88. The van der Waals surface area contributed by atoms with Crippen molar-refractivity contribution >= 4 is 16.9 Å². The predicted octanol–water partition coefficient (Wildman–Crippen LogP) is 0.929. The van der Waals surface area contributed by atoms with Crippen molar-refractivity contribution in [1.29, 1.82) is 10.5 Å². The average Bonchev–Trinajstić information content (AvgIpc) is 3.00. The van der Waals surface area contributed by atoms with E-state index >= 15 is 0 Å². The molecule has 2 aromatic heterocycles. The number of hydrogen-bond donors (Lipinski definition) is 0. The number of hydrogen-bond acceptors (Lipinski definition) is 7. The molecule has 1 saturated heterocycles. The fourth-order valence-electron chi connectivity index (χ4n) is 3.09. The molecule has 124 valence electrons. The zero-order valence-corrected chi connectivity index (χ0v) is 13.8. The van der Waals surface area contributed by atoms with Crippen molar-refractivity contribution in [3.63, 3.8) is 0 Å². The fourth-order valence-corrected chi connectivity index (χ4v) is 3.09. The molecule has 3 rings (SSSR count). The van der Waals surface area contributed by atoms with Gasteiger partial charge in [0.2, 0.25) is 0 Å². The Morgan fingerprint density at radius 2 is 2.00 bits per heavy atom. The van der Waals surface area contributed by atoms with E-state index in [1.54, 1.807) is 11.0 Å². The van der Waals surface area contributed by atoms with Gasteiger partial charge in [0, 0.05) is 46.2 Å². The van der Waals surface area contributed by atoms with E-state index < -0.39 is 0 Å². The summed E-state index contributed by atoms with van der Waals surface area (Å²) in [5, 5.41) is 23.1. The van der Waals surface area contributed by atoms with E-state index in [1.165, 1.54) is 0 Å². The normalized spacial score (nSPS) is 16.7. The first kappa shape index (κ1) is 16.2. The minimum atomic E-state index is -0.0692. The van der Waals surface area contributed by atoms with Crippen LogP contribution >= 0.6 is 0 Å². The third-order valence-electron chi connectivity index (χ3n) is 4.45. The quantitative estimate of drug-likeness (QED) is 0.807. The van der Waals surface area contributed by atoms with Gasteiger partial charge in [-0.2, -0.15) is 15.6 Å². The Labute approximate surface area is 140 Å². The highest BCUT2D eigenvalue weighted by Gasteiger charge is 2.22. The molecule has 1 aliphatic rings. The van der Waals surface area contributed by atoms with E-state index in [4.69, 9.17) is 5.26 Å². The third-order valence-corrected chi connectivity index (χ3v) is 4.45. The second-order valence-electron chi connectivity index (χ2n) is 6.01. The second-order valence-corrected chi connectivity index (χ2v) is 6.01. The molecule has 0 spiro atoms. The Balaban J connectivity index is 1.63. The summed E-state index contributed by atoms with van der Waals surface area (Å²) in [6, 6.07) is 4.43. The van der Waals surface area contributed by atoms with E-state index in [9.17, 15) is 5.26 Å². The molecule has 8 nitrogen and oxygen atoms in total. The van der Waals surface area contributed by atoms with E-state index in [-0.39, 0.29) is 5.92 Å². The Morgan fingerprint density at radius 3 is 2.71 bits per heavy atom. The van der Waals surface area contributed by atoms with Crippen LogP contribution in [0.4, 0.5) is 5.82 Å². The largest absolute Gasteiger partial charge is 0.353 e. The molecular formula is C16H20N8. The van der Waals surface area contributed by atoms with Crippen LogP contribution in [-0.4, -0.2) is 57.4 Å². The molecule has 24 heavy (non-hydrogen) atoms. The van der Waals surface area contributed by atoms with Crippen molar-refractivity contribution < 1.29 is 0 Å². The Bertz CT molecular complexity index is 775. The highest BCUT2D eigenvalue weighted by atomic mass is 15.3. The van der Waals surface area contributed by atoms with E-state index in [0.717, 1.165) is 49.6 Å². The van der Waals surface area contributed by atoms with Crippen molar-refractivity contribution in [1.82, 2.24) is 24.6 Å². The minimum absolute atomic E-state index is 0.0692. The average molecular weight is 324 g/mol. The Hall–Kier alpha value is -2.71. The van der Waals surface area contributed by atoms with Crippen molar-refractivity contribution in [2.45, 2.75) is 12.8 Å². The molecular weight excluding hydrogens is 304 g/mol. The smallest absolute Gasteiger partial charge is 0.163 e. The summed E-state index contributed by atoms with van der Waals surface area (Å²) >= 11 is 0. The van der Waals surface area contributed by atoms with Crippen LogP contribution in [0.2, 0.25) is 0 Å². The maximum atomic E-state index is 9.21. The van der Waals surface area contributed by atoms with Crippen LogP contribution < -0.4 is 4.90 Å². The van der Waals surface area contributed by atoms with Gasteiger partial charge in [0.15, 0.2) is 5.65 Å². The fraction of sp³-hybridized carbons (Fsp3) is 0.562. The lowest BCUT2D eigenvalue weighted by molar-refractivity contribution is 0.233. The lowest BCUT2D eigenvalue weighted by Crippen LogP contribution is -2.48. The van der Waals surface area contributed by atoms with Crippen LogP contribution in [0.25, 0.3) is 11.0 Å². The van der Waals surface area contributed by atoms with Crippen molar-refractivity contribution in [2.24, 2.45) is 13.0 Å². The van der Waals surface area contributed by atoms with Gasteiger partial charge in [0.25, 0.3) is 0 Å². The van der Waals surface area contributed by atoms with E-state index in [0.29, 0.717) is 12.8 Å². The third kappa shape index (κ3) is 3.29. The summed E-state index contributed by atoms with van der Waals surface area (Å²) in [5.41, 5.74) is 0.837. The van der Waals surface area contributed by atoms with E-state index in [2.05, 4.69) is 37.0 Å². The van der Waals surface area contributed by atoms with Crippen LogP contribution in [0, 0.1) is 28.6 Å². The lowest BCUT2D eigenvalue weighted by atomic mass is 10.0. The topological polar surface area (TPSA) is 97.7 Å². The molecule has 0 N–H and O–H groups in total. The summed E-state index contributed by atoms with van der Waals surface area (Å²) in [6.07, 6.45) is 4.48. The standard InChI is InChI=1S/C16H20N8/c1-22-15-14(10-21-22)16(20-12-19-15)24-7-5-23(6-8-24)11-13(9-18)3-2-4-17/h10,12-13H,2-3,5-8,11H2,1H3/t13-/m1/s1. The van der Waals surface area contributed by atoms with Gasteiger partial charge in [0.05, 0.1) is 29.6 Å². The van der Waals surface area contributed by atoms with Crippen LogP contribution in [0.15, 0.2) is 12.5 Å². The molecule has 3 heterocycles. The first-order chi connectivity index (χ1) is 11.7. The number of nitrogens with zero attached hydrogens (tertiary/aromatic N) is 8. The summed E-state index contributed by atoms with van der Waals surface area (Å²) < 4.78 is 1.75. The van der Waals surface area contributed by atoms with Gasteiger partial charge in [-0.25, -0.2) is 9.97 Å². The van der Waals surface area contributed by atoms with Crippen LogP contribution in [0.3, 0.4) is 0 Å². The number of piperazine rings is 1. The molecule has 0 radical (unpaired) electrons. The summed E-state index contributed by atoms with van der Waals surface area (Å²) in [4.78, 5) is 13.3. The molecule has 0 unspecified atom stereocenters. The van der Waals surface area contributed by atoms with Crippen LogP contribution in [0.1, 0.15) is 12.8 Å². The SMILES string of the molecule is Cn1ncc2c(N3CCN(C[C@@H](C#N)CCC#N)CC3)ncnc21. The molecule has 0 bridgehead atoms. The highest BCUT2D eigenvalue weighted by Crippen LogP contribution is 2.23. The molecule has 1 fully saturated rings. The number of nitriles is 2. The molecule has 0 aromatic carbocycles. The number of anilines is 1. The number of aryl methyl sites for hydroxylation is 1. The predicted molar refractivity (Wildman–Crippen MR) is 88.9 cm³/mol. The molecule has 0 saturated carbocycles.